The van der Waals surface area contributed by atoms with Gasteiger partial charge in [-0.25, -0.2) is 0 Å². The monoisotopic (exact) mass is 325 g/mol. The van der Waals surface area contributed by atoms with Gasteiger partial charge in [-0.15, -0.1) is 0 Å². The van der Waals surface area contributed by atoms with Crippen LogP contribution in [0.25, 0.3) is 0 Å². The molecule has 0 bridgehead atoms. The van der Waals surface area contributed by atoms with Gasteiger partial charge in [0.25, 0.3) is 0 Å². The van der Waals surface area contributed by atoms with E-state index in [1.165, 1.54) is 5.69 Å². The predicted molar refractivity (Wildman–Crippen MR) is 103 cm³/mol. The van der Waals surface area contributed by atoms with Gasteiger partial charge in [-0.3, -0.25) is 4.98 Å². The number of aromatic nitrogens is 1. The summed E-state index contributed by atoms with van der Waals surface area (Å²) < 4.78 is 5.25. The van der Waals surface area contributed by atoms with Gasteiger partial charge >= 0.3 is 0 Å². The number of hydrogen-bond acceptors (Lipinski definition) is 4. The van der Waals surface area contributed by atoms with Crippen molar-refractivity contribution in [2.75, 3.05) is 45.2 Å². The average Bonchev–Trinajstić information content (AvgIpc) is 2.67. The second-order valence-electron chi connectivity index (χ2n) is 4.61. The number of piperazine rings is 1. The lowest BCUT2D eigenvalue weighted by Crippen LogP contribution is -2.44. The van der Waals surface area contributed by atoms with E-state index in [1.54, 1.807) is 7.11 Å². The van der Waals surface area contributed by atoms with Crippen molar-refractivity contribution >= 4 is 5.69 Å². The van der Waals surface area contributed by atoms with Crippen molar-refractivity contribution in [3.8, 4) is 0 Å². The molecule has 1 fully saturated rings. The highest BCUT2D eigenvalue weighted by molar-refractivity contribution is 5.45. The Hall–Kier alpha value is -1.13. The van der Waals surface area contributed by atoms with Crippen molar-refractivity contribution < 1.29 is 4.74 Å². The first-order chi connectivity index (χ1) is 11.2. The summed E-state index contributed by atoms with van der Waals surface area (Å²) >= 11 is 0. The zero-order valence-electron chi connectivity index (χ0n) is 16.9. The van der Waals surface area contributed by atoms with Gasteiger partial charge in [0.05, 0.1) is 23.7 Å². The molecule has 4 nitrogen and oxygen atoms in total. The van der Waals surface area contributed by atoms with Crippen LogP contribution in [0, 0.1) is 0 Å². The third-order valence-electron chi connectivity index (χ3n) is 3.41. The number of nitrogens with zero attached hydrogens (tertiary/aromatic N) is 3. The number of hydrogen-bond donors (Lipinski definition) is 0. The zero-order valence-corrected chi connectivity index (χ0v) is 16.9. The lowest BCUT2D eigenvalue weighted by molar-refractivity contribution is 0.116. The van der Waals surface area contributed by atoms with Crippen molar-refractivity contribution in [3.05, 3.63) is 24.0 Å². The molecule has 2 heterocycles. The number of likely N-dealkylation sites (N-methyl/N-ethyl adjacent to an activating group) is 1. The molecule has 1 aliphatic heterocycles. The molecule has 0 aliphatic carbocycles. The van der Waals surface area contributed by atoms with Crippen LogP contribution in [0.5, 0.6) is 0 Å². The summed E-state index contributed by atoms with van der Waals surface area (Å²) in [5, 5.41) is 0. The summed E-state index contributed by atoms with van der Waals surface area (Å²) in [4.78, 5) is 9.20. The Labute approximate surface area is 144 Å². The second kappa shape index (κ2) is 15.8. The zero-order chi connectivity index (χ0) is 18.3. The van der Waals surface area contributed by atoms with Crippen molar-refractivity contribution in [1.82, 2.24) is 9.88 Å². The van der Waals surface area contributed by atoms with Crippen LogP contribution in [0.3, 0.4) is 0 Å². The Morgan fingerprint density at radius 3 is 1.87 bits per heavy atom. The molecule has 1 unspecified atom stereocenters. The summed E-state index contributed by atoms with van der Waals surface area (Å²) in [5.41, 5.74) is 2.20. The molecule has 23 heavy (non-hydrogen) atoms. The van der Waals surface area contributed by atoms with E-state index in [0.29, 0.717) is 0 Å². The van der Waals surface area contributed by atoms with E-state index in [-0.39, 0.29) is 6.10 Å². The summed E-state index contributed by atoms with van der Waals surface area (Å²) in [6.45, 7) is 18.4. The summed E-state index contributed by atoms with van der Waals surface area (Å²) in [7, 11) is 3.87. The molecule has 0 N–H and O–H groups in total. The molecular formula is C19H39N3O. The number of rotatable bonds is 3. The van der Waals surface area contributed by atoms with Gasteiger partial charge in [-0.05, 0) is 26.1 Å². The van der Waals surface area contributed by atoms with Gasteiger partial charge in [0.1, 0.15) is 0 Å². The molecule has 1 aromatic heterocycles. The van der Waals surface area contributed by atoms with Gasteiger partial charge in [-0.2, -0.15) is 0 Å². The highest BCUT2D eigenvalue weighted by Gasteiger charge is 2.14. The molecule has 1 aromatic rings. The van der Waals surface area contributed by atoms with Crippen LogP contribution in [0.4, 0.5) is 5.69 Å². The summed E-state index contributed by atoms with van der Waals surface area (Å²) in [6, 6.07) is 4.20. The maximum Gasteiger partial charge on any atom is 0.0962 e. The predicted octanol–water partition coefficient (Wildman–Crippen LogP) is 4.62. The van der Waals surface area contributed by atoms with E-state index in [9.17, 15) is 0 Å². The number of ether oxygens (including phenoxy) is 1. The fourth-order valence-corrected chi connectivity index (χ4v) is 2.01. The normalized spacial score (nSPS) is 15.1. The lowest BCUT2D eigenvalue weighted by Gasteiger charge is -2.33. The largest absolute Gasteiger partial charge is 0.375 e. The third-order valence-corrected chi connectivity index (χ3v) is 3.41. The van der Waals surface area contributed by atoms with Gasteiger partial charge in [0, 0.05) is 33.3 Å². The van der Waals surface area contributed by atoms with Crippen LogP contribution >= 0.6 is 0 Å². The first kappa shape index (κ1) is 24.1. The fourth-order valence-electron chi connectivity index (χ4n) is 2.01. The maximum absolute atomic E-state index is 5.25. The summed E-state index contributed by atoms with van der Waals surface area (Å²) in [5.74, 6) is 0. The molecule has 0 radical (unpaired) electrons. The number of anilines is 1. The molecule has 0 aromatic carbocycles. The standard InChI is InChI=1S/C13H21N3O.3C2H6/c1-11(17-3)13-5-4-12(10-14-13)16-8-6-15(2)7-9-16;3*1-2/h4-5,10-11H,6-9H2,1-3H3;3*1-2H3. The van der Waals surface area contributed by atoms with Crippen LogP contribution in [0.15, 0.2) is 18.3 Å². The first-order valence-electron chi connectivity index (χ1n) is 9.13. The van der Waals surface area contributed by atoms with Crippen molar-refractivity contribution in [2.45, 2.75) is 54.6 Å². The molecule has 0 amide bonds. The smallest absolute Gasteiger partial charge is 0.0962 e. The molecule has 1 saturated heterocycles. The molecule has 1 aliphatic rings. The number of methoxy groups -OCH3 is 1. The Morgan fingerprint density at radius 1 is 0.957 bits per heavy atom. The van der Waals surface area contributed by atoms with Gasteiger partial charge in [0.15, 0.2) is 0 Å². The molecule has 1 atom stereocenters. The minimum absolute atomic E-state index is 0.0662. The van der Waals surface area contributed by atoms with Crippen molar-refractivity contribution in [3.63, 3.8) is 0 Å². The molecule has 2 rings (SSSR count). The quantitative estimate of drug-likeness (QED) is 0.811. The third kappa shape index (κ3) is 8.92. The molecule has 4 heteroatoms. The molecule has 0 spiro atoms. The van der Waals surface area contributed by atoms with Gasteiger partial charge in [0.2, 0.25) is 0 Å². The van der Waals surface area contributed by atoms with Gasteiger partial charge < -0.3 is 14.5 Å². The highest BCUT2D eigenvalue weighted by atomic mass is 16.5. The average molecular weight is 326 g/mol. The molecule has 136 valence electrons. The topological polar surface area (TPSA) is 28.6 Å². The fraction of sp³-hybridized carbons (Fsp3) is 0.737. The minimum Gasteiger partial charge on any atom is -0.375 e. The van der Waals surface area contributed by atoms with Crippen LogP contribution < -0.4 is 4.90 Å². The lowest BCUT2D eigenvalue weighted by atomic mass is 10.2. The molecule has 0 saturated carbocycles. The van der Waals surface area contributed by atoms with E-state index in [4.69, 9.17) is 4.74 Å². The minimum atomic E-state index is 0.0662. The first-order valence-corrected chi connectivity index (χ1v) is 9.13. The maximum atomic E-state index is 5.25. The van der Waals surface area contributed by atoms with Crippen LogP contribution in [0.2, 0.25) is 0 Å². The number of pyridine rings is 1. The second-order valence-corrected chi connectivity index (χ2v) is 4.61. The highest BCUT2D eigenvalue weighted by Crippen LogP contribution is 2.19. The summed E-state index contributed by atoms with van der Waals surface area (Å²) in [6.07, 6.45) is 2.02. The van der Waals surface area contributed by atoms with E-state index < -0.39 is 0 Å². The van der Waals surface area contributed by atoms with Crippen LogP contribution in [-0.2, 0) is 4.74 Å². The Kier molecular flexibility index (Phi) is 16.5. The Balaban J connectivity index is 0. The van der Waals surface area contributed by atoms with E-state index in [1.807, 2.05) is 54.7 Å². The molecular weight excluding hydrogens is 286 g/mol. The van der Waals surface area contributed by atoms with Crippen LogP contribution in [0.1, 0.15) is 60.3 Å². The van der Waals surface area contributed by atoms with Gasteiger partial charge in [-0.1, -0.05) is 41.5 Å². The van der Waals surface area contributed by atoms with Crippen molar-refractivity contribution in [1.29, 1.82) is 0 Å². The Bertz CT molecular complexity index is 346. The van der Waals surface area contributed by atoms with E-state index >= 15 is 0 Å². The van der Waals surface area contributed by atoms with E-state index in [2.05, 4.69) is 34.0 Å². The van der Waals surface area contributed by atoms with Crippen molar-refractivity contribution in [2.24, 2.45) is 0 Å². The van der Waals surface area contributed by atoms with Crippen LogP contribution in [-0.4, -0.2) is 50.2 Å². The SMILES string of the molecule is CC.CC.CC.COC(C)c1ccc(N2CCN(C)CC2)cn1. The van der Waals surface area contributed by atoms with E-state index in [0.717, 1.165) is 31.9 Å². The Morgan fingerprint density at radius 2 is 1.48 bits per heavy atom.